The maximum atomic E-state index is 6.97. The fourth-order valence-corrected chi connectivity index (χ4v) is 6.56. The highest BCUT2D eigenvalue weighted by Crippen LogP contribution is 2.31. The van der Waals surface area contributed by atoms with Crippen LogP contribution in [0.2, 0.25) is 0 Å². The van der Waals surface area contributed by atoms with Crippen molar-refractivity contribution < 1.29 is 18.9 Å². The van der Waals surface area contributed by atoms with Crippen molar-refractivity contribution in [2.24, 2.45) is 52.8 Å². The molecule has 0 fully saturated rings. The first-order valence-electron chi connectivity index (χ1n) is 19.3. The first-order valence-corrected chi connectivity index (χ1v) is 19.3. The third kappa shape index (κ3) is 24.6. The average Bonchev–Trinajstić information content (AvgIpc) is 2.84. The fraction of sp³-hybridized carbons (Fsp3) is 1.00. The van der Waals surface area contributed by atoms with E-state index in [2.05, 4.69) is 111 Å². The van der Waals surface area contributed by atoms with Gasteiger partial charge in [0.05, 0.1) is 56.3 Å². The lowest BCUT2D eigenvalue weighted by molar-refractivity contribution is -0.158. The summed E-state index contributed by atoms with van der Waals surface area (Å²) in [6.45, 7) is 39.4. The molecule has 0 aromatic rings. The summed E-state index contributed by atoms with van der Waals surface area (Å²) in [5.74, 6) is 4.75. The van der Waals surface area contributed by atoms with Crippen molar-refractivity contribution in [1.29, 1.82) is 0 Å². The average molecular weight is 641 g/mol. The van der Waals surface area contributed by atoms with Gasteiger partial charge in [-0.25, -0.2) is 0 Å². The van der Waals surface area contributed by atoms with E-state index in [0.29, 0.717) is 73.8 Å². The Hall–Kier alpha value is -0.160. The number of hydrogen-bond donors (Lipinski definition) is 0. The monoisotopic (exact) mass is 641 g/mol. The number of hydrogen-bond acceptors (Lipinski definition) is 4. The quantitative estimate of drug-likeness (QED) is 0.0852. The molecular weight excluding hydrogens is 556 g/mol. The van der Waals surface area contributed by atoms with Gasteiger partial charge in [-0.15, -0.1) is 0 Å². The second-order valence-corrected chi connectivity index (χ2v) is 18.3. The molecule has 0 rings (SSSR count). The minimum atomic E-state index is -0.364. The molecule has 0 aromatic heterocycles. The molecule has 0 radical (unpaired) electrons. The van der Waals surface area contributed by atoms with E-state index in [9.17, 15) is 0 Å². The van der Waals surface area contributed by atoms with E-state index in [1.807, 2.05) is 0 Å². The van der Waals surface area contributed by atoms with Crippen LogP contribution in [-0.4, -0.2) is 50.8 Å². The molecule has 0 spiro atoms. The zero-order chi connectivity index (χ0) is 34.7. The molecule has 0 saturated heterocycles. The Morgan fingerprint density at radius 3 is 0.511 bits per heavy atom. The summed E-state index contributed by atoms with van der Waals surface area (Å²) in [5.41, 5.74) is -0.364. The zero-order valence-corrected chi connectivity index (χ0v) is 33.5. The predicted octanol–water partition coefficient (Wildman–Crippen LogP) is 11.9. The molecule has 0 amide bonds. The summed E-state index contributed by atoms with van der Waals surface area (Å²) >= 11 is 0. The Balaban J connectivity index is 6.60. The van der Waals surface area contributed by atoms with Crippen molar-refractivity contribution >= 4 is 0 Å². The maximum Gasteiger partial charge on any atom is 0.0638 e. The first kappa shape index (κ1) is 44.8. The van der Waals surface area contributed by atoms with Gasteiger partial charge >= 0.3 is 0 Å². The van der Waals surface area contributed by atoms with E-state index in [0.717, 1.165) is 51.4 Å². The highest BCUT2D eigenvalue weighted by atomic mass is 16.5. The lowest BCUT2D eigenvalue weighted by atomic mass is 9.89. The van der Waals surface area contributed by atoms with E-state index < -0.39 is 0 Å². The summed E-state index contributed by atoms with van der Waals surface area (Å²) < 4.78 is 27.9. The Bertz CT molecular complexity index is 523. The molecule has 4 heteroatoms. The lowest BCUT2D eigenvalue weighted by Gasteiger charge is -2.39. The van der Waals surface area contributed by atoms with Crippen molar-refractivity contribution in [3.8, 4) is 0 Å². The second-order valence-electron chi connectivity index (χ2n) is 18.3. The van der Waals surface area contributed by atoms with Gasteiger partial charge in [-0.05, 0) is 98.7 Å². The minimum absolute atomic E-state index is 0.232. The van der Waals surface area contributed by atoms with Gasteiger partial charge in [-0.3, -0.25) is 0 Å². The van der Waals surface area contributed by atoms with Crippen molar-refractivity contribution in [3.05, 3.63) is 0 Å². The Labute approximate surface area is 284 Å². The third-order valence-electron chi connectivity index (χ3n) is 8.38. The molecule has 0 heterocycles. The topological polar surface area (TPSA) is 36.9 Å². The van der Waals surface area contributed by atoms with E-state index in [4.69, 9.17) is 18.9 Å². The molecule has 4 nitrogen and oxygen atoms in total. The summed E-state index contributed by atoms with van der Waals surface area (Å²) in [4.78, 5) is 0. The molecule has 0 aliphatic rings. The maximum absolute atomic E-state index is 6.97. The van der Waals surface area contributed by atoms with Gasteiger partial charge in [-0.2, -0.15) is 0 Å². The summed E-state index contributed by atoms with van der Waals surface area (Å²) in [7, 11) is 0. The zero-order valence-electron chi connectivity index (χ0n) is 33.5. The Kier molecular flexibility index (Phi) is 24.0. The summed E-state index contributed by atoms with van der Waals surface area (Å²) in [6, 6.07) is 0. The van der Waals surface area contributed by atoms with Gasteiger partial charge in [-0.1, -0.05) is 111 Å². The Morgan fingerprint density at radius 2 is 0.400 bits per heavy atom. The lowest BCUT2D eigenvalue weighted by Crippen LogP contribution is -2.46. The van der Waals surface area contributed by atoms with Gasteiger partial charge in [0, 0.05) is 0 Å². The van der Waals surface area contributed by atoms with Crippen LogP contribution >= 0.6 is 0 Å². The van der Waals surface area contributed by atoms with Crippen LogP contribution in [0.15, 0.2) is 0 Å². The number of ether oxygens (including phenoxy) is 4. The van der Waals surface area contributed by atoms with Crippen molar-refractivity contribution in [1.82, 2.24) is 0 Å². The molecule has 0 N–H and O–H groups in total. The van der Waals surface area contributed by atoms with E-state index in [-0.39, 0.29) is 29.8 Å². The van der Waals surface area contributed by atoms with Gasteiger partial charge in [0.25, 0.3) is 0 Å². The van der Waals surface area contributed by atoms with Crippen LogP contribution in [0, 0.1) is 52.8 Å². The molecule has 45 heavy (non-hydrogen) atoms. The predicted molar refractivity (Wildman–Crippen MR) is 197 cm³/mol. The second kappa shape index (κ2) is 24.0. The van der Waals surface area contributed by atoms with Crippen LogP contribution in [0.4, 0.5) is 0 Å². The first-order chi connectivity index (χ1) is 20.8. The standard InChI is InChI=1S/C41H84O4/c1-29(2)17-37(18-30(3)4)42-25-41(26-43-38(19-31(5)6)20-32(7)8,27-44-39(21-33(9)10)22-34(11)12)28-45-40(23-35(13)14)24-36(15)16/h29-40H,17-28H2,1-16H3. The van der Waals surface area contributed by atoms with E-state index in [1.54, 1.807) is 0 Å². The molecule has 0 atom stereocenters. The third-order valence-corrected chi connectivity index (χ3v) is 8.38. The van der Waals surface area contributed by atoms with Crippen LogP contribution in [0.25, 0.3) is 0 Å². The van der Waals surface area contributed by atoms with Crippen LogP contribution in [0.5, 0.6) is 0 Å². The minimum Gasteiger partial charge on any atom is -0.377 e. The van der Waals surface area contributed by atoms with Crippen molar-refractivity contribution in [2.75, 3.05) is 26.4 Å². The van der Waals surface area contributed by atoms with Gasteiger partial charge < -0.3 is 18.9 Å². The van der Waals surface area contributed by atoms with Crippen molar-refractivity contribution in [2.45, 2.75) is 187 Å². The number of rotatable bonds is 28. The molecule has 0 aliphatic carbocycles. The molecule has 0 aromatic carbocycles. The highest BCUT2D eigenvalue weighted by Gasteiger charge is 2.37. The molecule has 0 saturated carbocycles. The summed E-state index contributed by atoms with van der Waals surface area (Å²) in [6.07, 6.45) is 9.54. The normalized spacial score (nSPS) is 13.6. The SMILES string of the molecule is CC(C)CC(CC(C)C)OCC(COC(CC(C)C)CC(C)C)(COC(CC(C)C)CC(C)C)COC(CC(C)C)CC(C)C. The van der Waals surface area contributed by atoms with Crippen molar-refractivity contribution in [3.63, 3.8) is 0 Å². The largest absolute Gasteiger partial charge is 0.377 e. The van der Waals surface area contributed by atoms with Crippen LogP contribution in [0.1, 0.15) is 162 Å². The van der Waals surface area contributed by atoms with E-state index in [1.165, 1.54) is 0 Å². The van der Waals surface area contributed by atoms with Crippen LogP contribution < -0.4 is 0 Å². The van der Waals surface area contributed by atoms with Crippen LogP contribution in [-0.2, 0) is 18.9 Å². The molecule has 0 bridgehead atoms. The Morgan fingerprint density at radius 1 is 0.267 bits per heavy atom. The molecule has 0 unspecified atom stereocenters. The van der Waals surface area contributed by atoms with Crippen LogP contribution in [0.3, 0.4) is 0 Å². The van der Waals surface area contributed by atoms with Gasteiger partial charge in [0.15, 0.2) is 0 Å². The molecule has 272 valence electrons. The van der Waals surface area contributed by atoms with Gasteiger partial charge in [0.2, 0.25) is 0 Å². The highest BCUT2D eigenvalue weighted by molar-refractivity contribution is 4.84. The smallest absolute Gasteiger partial charge is 0.0638 e. The molecule has 0 aliphatic heterocycles. The van der Waals surface area contributed by atoms with E-state index >= 15 is 0 Å². The molecular formula is C41H84O4. The fourth-order valence-electron chi connectivity index (χ4n) is 6.56. The summed E-state index contributed by atoms with van der Waals surface area (Å²) in [5, 5.41) is 0. The van der Waals surface area contributed by atoms with Gasteiger partial charge in [0.1, 0.15) is 0 Å².